The van der Waals surface area contributed by atoms with Crippen molar-refractivity contribution in [2.75, 3.05) is 16.4 Å². The van der Waals surface area contributed by atoms with Gasteiger partial charge in [-0.25, -0.2) is 9.97 Å². The Bertz CT molecular complexity index is 833. The zero-order valence-corrected chi connectivity index (χ0v) is 14.8. The Morgan fingerprint density at radius 1 is 1.04 bits per heavy atom. The lowest BCUT2D eigenvalue weighted by atomic mass is 10.1. The van der Waals surface area contributed by atoms with Crippen LogP contribution in [0.3, 0.4) is 0 Å². The molecule has 0 unspecified atom stereocenters. The maximum Gasteiger partial charge on any atom is 0.159 e. The molecule has 1 aromatic heterocycles. The summed E-state index contributed by atoms with van der Waals surface area (Å²) in [5.74, 6) is 1.19. The van der Waals surface area contributed by atoms with E-state index in [0.717, 1.165) is 10.2 Å². The minimum Gasteiger partial charge on any atom is -0.393 e. The Morgan fingerprint density at radius 3 is 2.54 bits per heavy atom. The molecule has 6 heteroatoms. The third kappa shape index (κ3) is 4.02. The normalized spacial score (nSPS) is 10.4. The largest absolute Gasteiger partial charge is 0.393 e. The summed E-state index contributed by atoms with van der Waals surface area (Å²) >= 11 is 3.45. The molecule has 0 aliphatic heterocycles. The molecule has 0 radical (unpaired) electrons. The zero-order valence-electron chi connectivity index (χ0n) is 13.3. The van der Waals surface area contributed by atoms with Gasteiger partial charge < -0.3 is 16.4 Å². The number of rotatable bonds is 5. The Morgan fingerprint density at radius 2 is 1.79 bits per heavy atom. The zero-order chi connectivity index (χ0) is 16.9. The first kappa shape index (κ1) is 16.3. The summed E-state index contributed by atoms with van der Waals surface area (Å²) < 4.78 is 0.984. The first-order valence-electron chi connectivity index (χ1n) is 7.54. The lowest BCUT2D eigenvalue weighted by Crippen LogP contribution is -2.08. The van der Waals surface area contributed by atoms with Crippen LogP contribution in [-0.4, -0.2) is 9.97 Å². The van der Waals surface area contributed by atoms with Crippen LogP contribution in [0.2, 0.25) is 0 Å². The van der Waals surface area contributed by atoms with Gasteiger partial charge in [-0.1, -0.05) is 51.8 Å². The van der Waals surface area contributed by atoms with E-state index in [9.17, 15) is 0 Å². The molecule has 0 bridgehead atoms. The van der Waals surface area contributed by atoms with Crippen molar-refractivity contribution in [3.05, 3.63) is 70.5 Å². The van der Waals surface area contributed by atoms with Gasteiger partial charge in [0.15, 0.2) is 11.6 Å². The number of aryl methyl sites for hydroxylation is 1. The molecule has 0 atom stereocenters. The monoisotopic (exact) mass is 383 g/mol. The molecule has 2 aromatic carbocycles. The quantitative estimate of drug-likeness (QED) is 0.605. The highest BCUT2D eigenvalue weighted by molar-refractivity contribution is 9.10. The molecule has 3 rings (SSSR count). The molecule has 24 heavy (non-hydrogen) atoms. The second kappa shape index (κ2) is 7.31. The van der Waals surface area contributed by atoms with E-state index in [2.05, 4.69) is 67.7 Å². The average molecular weight is 384 g/mol. The van der Waals surface area contributed by atoms with E-state index >= 15 is 0 Å². The van der Waals surface area contributed by atoms with E-state index < -0.39 is 0 Å². The molecular formula is C18H18BrN5. The summed E-state index contributed by atoms with van der Waals surface area (Å²) in [6, 6.07) is 16.2. The van der Waals surface area contributed by atoms with Gasteiger partial charge in [-0.2, -0.15) is 0 Å². The molecule has 5 nitrogen and oxygen atoms in total. The minimum atomic E-state index is 0.490. The number of nitrogen functional groups attached to an aromatic ring is 1. The number of halogens is 1. The smallest absolute Gasteiger partial charge is 0.159 e. The fraction of sp³-hybridized carbons (Fsp3) is 0.111. The highest BCUT2D eigenvalue weighted by Gasteiger charge is 2.08. The van der Waals surface area contributed by atoms with Crippen LogP contribution in [-0.2, 0) is 6.54 Å². The van der Waals surface area contributed by atoms with E-state index in [4.69, 9.17) is 5.73 Å². The molecule has 0 saturated heterocycles. The van der Waals surface area contributed by atoms with Crippen LogP contribution in [0, 0.1) is 6.92 Å². The highest BCUT2D eigenvalue weighted by Crippen LogP contribution is 2.27. The Balaban J connectivity index is 1.74. The second-order valence-corrected chi connectivity index (χ2v) is 6.37. The first-order chi connectivity index (χ1) is 11.6. The van der Waals surface area contributed by atoms with Gasteiger partial charge in [-0.05, 0) is 30.7 Å². The van der Waals surface area contributed by atoms with Gasteiger partial charge in [-0.15, -0.1) is 0 Å². The van der Waals surface area contributed by atoms with Gasteiger partial charge >= 0.3 is 0 Å². The van der Waals surface area contributed by atoms with Gasteiger partial charge in [0, 0.05) is 16.7 Å². The van der Waals surface area contributed by atoms with E-state index in [1.54, 1.807) is 0 Å². The van der Waals surface area contributed by atoms with Crippen LogP contribution in [0.25, 0.3) is 0 Å². The molecule has 1 heterocycles. The standard InChI is InChI=1S/C18H18BrN5/c1-12-5-7-13(8-6-12)10-21-17-16(20)18(23-11-22-17)24-15-4-2-3-14(19)9-15/h2-9,11H,10,20H2,1H3,(H2,21,22,23,24). The van der Waals surface area contributed by atoms with Crippen molar-refractivity contribution in [3.63, 3.8) is 0 Å². The third-order valence-corrected chi connectivity index (χ3v) is 4.05. The van der Waals surface area contributed by atoms with Crippen molar-refractivity contribution >= 4 is 38.9 Å². The van der Waals surface area contributed by atoms with Crippen molar-refractivity contribution in [3.8, 4) is 0 Å². The molecule has 0 aliphatic carbocycles. The van der Waals surface area contributed by atoms with Crippen LogP contribution in [0.4, 0.5) is 23.0 Å². The van der Waals surface area contributed by atoms with Crippen molar-refractivity contribution in [2.24, 2.45) is 0 Å². The topological polar surface area (TPSA) is 75.9 Å². The highest BCUT2D eigenvalue weighted by atomic mass is 79.9. The molecule has 4 N–H and O–H groups in total. The number of hydrogen-bond donors (Lipinski definition) is 3. The van der Waals surface area contributed by atoms with Gasteiger partial charge in [0.05, 0.1) is 0 Å². The fourth-order valence-electron chi connectivity index (χ4n) is 2.23. The molecule has 0 spiro atoms. The summed E-state index contributed by atoms with van der Waals surface area (Å²) in [4.78, 5) is 8.46. The van der Waals surface area contributed by atoms with Gasteiger partial charge in [0.1, 0.15) is 12.0 Å². The SMILES string of the molecule is Cc1ccc(CNc2ncnc(Nc3cccc(Br)c3)c2N)cc1. The number of aromatic nitrogens is 2. The van der Waals surface area contributed by atoms with Crippen LogP contribution in [0.15, 0.2) is 59.3 Å². The Kier molecular flexibility index (Phi) is 4.96. The third-order valence-electron chi connectivity index (χ3n) is 3.55. The van der Waals surface area contributed by atoms with Crippen molar-refractivity contribution in [2.45, 2.75) is 13.5 Å². The predicted molar refractivity (Wildman–Crippen MR) is 102 cm³/mol. The Labute approximate surface area is 149 Å². The minimum absolute atomic E-state index is 0.490. The Hall–Kier alpha value is -2.60. The predicted octanol–water partition coefficient (Wildman–Crippen LogP) is 4.49. The van der Waals surface area contributed by atoms with Crippen LogP contribution >= 0.6 is 15.9 Å². The number of nitrogens with zero attached hydrogens (tertiary/aromatic N) is 2. The van der Waals surface area contributed by atoms with Crippen molar-refractivity contribution in [1.82, 2.24) is 9.97 Å². The molecule has 0 amide bonds. The number of nitrogens with two attached hydrogens (primary N) is 1. The maximum atomic E-state index is 6.20. The summed E-state index contributed by atoms with van der Waals surface area (Å²) in [6.45, 7) is 2.72. The summed E-state index contributed by atoms with van der Waals surface area (Å²) in [5, 5.41) is 6.47. The van der Waals surface area contributed by atoms with Gasteiger partial charge in [0.2, 0.25) is 0 Å². The number of benzene rings is 2. The summed E-state index contributed by atoms with van der Waals surface area (Å²) in [7, 11) is 0. The molecule has 0 saturated carbocycles. The molecular weight excluding hydrogens is 366 g/mol. The molecule has 0 fully saturated rings. The van der Waals surface area contributed by atoms with E-state index in [-0.39, 0.29) is 0 Å². The number of hydrogen-bond acceptors (Lipinski definition) is 5. The van der Waals surface area contributed by atoms with Crippen molar-refractivity contribution < 1.29 is 0 Å². The van der Waals surface area contributed by atoms with Crippen LogP contribution < -0.4 is 16.4 Å². The number of nitrogens with one attached hydrogen (secondary N) is 2. The summed E-state index contributed by atoms with van der Waals surface area (Å²) in [6.07, 6.45) is 1.49. The number of anilines is 4. The molecule has 0 aliphatic rings. The first-order valence-corrected chi connectivity index (χ1v) is 8.33. The lowest BCUT2D eigenvalue weighted by Gasteiger charge is -2.13. The van der Waals surface area contributed by atoms with E-state index in [1.165, 1.54) is 17.5 Å². The summed E-state index contributed by atoms with van der Waals surface area (Å²) in [5.41, 5.74) is 9.99. The second-order valence-electron chi connectivity index (χ2n) is 5.46. The average Bonchev–Trinajstić information content (AvgIpc) is 2.57. The van der Waals surface area contributed by atoms with E-state index in [0.29, 0.717) is 23.9 Å². The molecule has 122 valence electrons. The van der Waals surface area contributed by atoms with Gasteiger partial charge in [0.25, 0.3) is 0 Å². The van der Waals surface area contributed by atoms with Crippen LogP contribution in [0.1, 0.15) is 11.1 Å². The maximum absolute atomic E-state index is 6.20. The molecule has 3 aromatic rings. The fourth-order valence-corrected chi connectivity index (χ4v) is 2.63. The van der Waals surface area contributed by atoms with E-state index in [1.807, 2.05) is 24.3 Å². The van der Waals surface area contributed by atoms with Crippen molar-refractivity contribution in [1.29, 1.82) is 0 Å². The van der Waals surface area contributed by atoms with Crippen LogP contribution in [0.5, 0.6) is 0 Å². The van der Waals surface area contributed by atoms with Gasteiger partial charge in [-0.3, -0.25) is 0 Å². The lowest BCUT2D eigenvalue weighted by molar-refractivity contribution is 1.08.